The van der Waals surface area contributed by atoms with Crippen LogP contribution in [0.15, 0.2) is 88.7 Å². The largest absolute Gasteiger partial charge is 0.484 e. The van der Waals surface area contributed by atoms with Crippen molar-refractivity contribution in [2.45, 2.75) is 23.1 Å². The summed E-state index contributed by atoms with van der Waals surface area (Å²) in [5, 5.41) is 2.59. The van der Waals surface area contributed by atoms with Crippen molar-refractivity contribution in [3.05, 3.63) is 105 Å². The Hall–Kier alpha value is -4.68. The van der Waals surface area contributed by atoms with Gasteiger partial charge in [0, 0.05) is 16.5 Å². The Balaban J connectivity index is 1.21. The molecule has 3 amide bonds. The Labute approximate surface area is 254 Å². The number of imide groups is 1. The lowest BCUT2D eigenvalue weighted by molar-refractivity contribution is -0.122. The number of carbonyl (C=O) groups is 4. The second-order valence-corrected chi connectivity index (χ2v) is 12.0. The molecule has 6 rings (SSSR count). The summed E-state index contributed by atoms with van der Waals surface area (Å²) in [6.07, 6.45) is 0. The van der Waals surface area contributed by atoms with E-state index in [1.165, 1.54) is 16.7 Å². The number of nitrogens with one attached hydrogen (secondary N) is 2. The van der Waals surface area contributed by atoms with E-state index >= 15 is 0 Å². The Kier molecular flexibility index (Phi) is 7.87. The maximum absolute atomic E-state index is 13.8. The number of para-hydroxylation sites is 1. The molecule has 0 spiro atoms. The van der Waals surface area contributed by atoms with Crippen LogP contribution < -0.4 is 19.8 Å². The molecule has 1 aromatic heterocycles. The number of H-pyrrole nitrogens is 1. The number of amides is 3. The molecule has 1 fully saturated rings. The molecule has 2 aliphatic heterocycles. The number of benzene rings is 3. The fourth-order valence-electron chi connectivity index (χ4n) is 5.26. The summed E-state index contributed by atoms with van der Waals surface area (Å²) in [6.45, 7) is 1.70. The zero-order chi connectivity index (χ0) is 30.1. The summed E-state index contributed by atoms with van der Waals surface area (Å²) in [4.78, 5) is 68.6. The smallest absolute Gasteiger partial charge is 0.338 e. The number of aromatic nitrogens is 1. The zero-order valence-electron chi connectivity index (χ0n) is 22.8. The van der Waals surface area contributed by atoms with Crippen molar-refractivity contribution in [1.82, 2.24) is 4.98 Å². The summed E-state index contributed by atoms with van der Waals surface area (Å²) < 4.78 is 10.8. The van der Waals surface area contributed by atoms with Crippen molar-refractivity contribution >= 4 is 58.2 Å². The minimum absolute atomic E-state index is 0.262. The highest BCUT2D eigenvalue weighted by atomic mass is 32.2. The van der Waals surface area contributed by atoms with E-state index < -0.39 is 29.0 Å². The van der Waals surface area contributed by atoms with Gasteiger partial charge < -0.3 is 19.8 Å². The van der Waals surface area contributed by atoms with Crippen molar-refractivity contribution in [3.8, 4) is 5.75 Å². The molecule has 3 atom stereocenters. The van der Waals surface area contributed by atoms with Crippen LogP contribution in [-0.2, 0) is 19.1 Å². The number of carbonyl (C=O) groups excluding carboxylic acids is 4. The van der Waals surface area contributed by atoms with Crippen LogP contribution in [-0.4, -0.2) is 47.1 Å². The van der Waals surface area contributed by atoms with Gasteiger partial charge in [0.1, 0.15) is 11.0 Å². The van der Waals surface area contributed by atoms with Crippen LogP contribution in [0.4, 0.5) is 11.4 Å². The van der Waals surface area contributed by atoms with E-state index in [4.69, 9.17) is 9.47 Å². The summed E-state index contributed by atoms with van der Waals surface area (Å²) in [7, 11) is 0. The van der Waals surface area contributed by atoms with Gasteiger partial charge in [0.05, 0.1) is 28.8 Å². The number of fused-ring (bicyclic) bond motifs is 2. The third-order valence-electron chi connectivity index (χ3n) is 7.11. The molecule has 1 saturated heterocycles. The molecule has 3 aromatic carbocycles. The number of hydrogen-bond acceptors (Lipinski definition) is 9. The van der Waals surface area contributed by atoms with Gasteiger partial charge in [0.15, 0.2) is 6.61 Å². The van der Waals surface area contributed by atoms with Gasteiger partial charge in [-0.05, 0) is 61.0 Å². The zero-order valence-corrected chi connectivity index (χ0v) is 24.4. The maximum atomic E-state index is 13.8. The molecular weight excluding hydrogens is 590 g/mol. The van der Waals surface area contributed by atoms with Gasteiger partial charge in [-0.1, -0.05) is 53.4 Å². The van der Waals surface area contributed by atoms with E-state index in [1.54, 1.807) is 73.7 Å². The first-order chi connectivity index (χ1) is 20.8. The molecule has 0 bridgehead atoms. The molecule has 0 aliphatic carbocycles. The highest BCUT2D eigenvalue weighted by Crippen LogP contribution is 2.53. The van der Waals surface area contributed by atoms with Crippen LogP contribution in [0, 0.1) is 5.92 Å². The highest BCUT2D eigenvalue weighted by molar-refractivity contribution is 8.00. The van der Waals surface area contributed by atoms with Crippen molar-refractivity contribution in [2.75, 3.05) is 23.4 Å². The topological polar surface area (TPSA) is 135 Å². The summed E-state index contributed by atoms with van der Waals surface area (Å²) >= 11 is 2.24. The number of aromatic amines is 1. The Morgan fingerprint density at radius 2 is 1.72 bits per heavy atom. The van der Waals surface area contributed by atoms with E-state index in [0.717, 1.165) is 11.3 Å². The molecule has 10 nitrogen and oxygen atoms in total. The molecule has 2 aliphatic rings. The minimum atomic E-state index is -0.729. The van der Waals surface area contributed by atoms with Crippen LogP contribution in [0.2, 0.25) is 0 Å². The molecule has 43 heavy (non-hydrogen) atoms. The van der Waals surface area contributed by atoms with Gasteiger partial charge in [-0.2, -0.15) is 0 Å². The van der Waals surface area contributed by atoms with Gasteiger partial charge in [0.2, 0.25) is 11.8 Å². The van der Waals surface area contributed by atoms with Crippen LogP contribution in [0.1, 0.15) is 33.6 Å². The lowest BCUT2D eigenvalue weighted by Gasteiger charge is -2.30. The summed E-state index contributed by atoms with van der Waals surface area (Å²) in [5.41, 5.74) is 2.06. The molecule has 0 radical (unpaired) electrons. The van der Waals surface area contributed by atoms with Crippen LogP contribution >= 0.6 is 23.1 Å². The molecule has 2 unspecified atom stereocenters. The average molecular weight is 616 g/mol. The minimum Gasteiger partial charge on any atom is -0.484 e. The van der Waals surface area contributed by atoms with Crippen LogP contribution in [0.25, 0.3) is 0 Å². The number of hydrogen-bond donors (Lipinski definition) is 2. The van der Waals surface area contributed by atoms with E-state index in [0.29, 0.717) is 38.2 Å². The number of ether oxygens (including phenoxy) is 2. The third-order valence-corrected chi connectivity index (χ3v) is 9.51. The fourth-order valence-corrected chi connectivity index (χ4v) is 7.77. The number of nitrogens with zero attached hydrogens (tertiary/aromatic N) is 1. The van der Waals surface area contributed by atoms with Crippen LogP contribution in [0.3, 0.4) is 0 Å². The molecule has 2 N–H and O–H groups in total. The van der Waals surface area contributed by atoms with Crippen molar-refractivity contribution in [2.24, 2.45) is 5.92 Å². The molecule has 4 aromatic rings. The van der Waals surface area contributed by atoms with E-state index in [9.17, 15) is 24.0 Å². The first-order valence-electron chi connectivity index (χ1n) is 13.5. The first kappa shape index (κ1) is 28.4. The normalized spacial score (nSPS) is 19.0. The number of thioether (sulfide) groups is 1. The third kappa shape index (κ3) is 5.58. The van der Waals surface area contributed by atoms with Crippen LogP contribution in [0.5, 0.6) is 5.75 Å². The lowest BCUT2D eigenvalue weighted by Crippen LogP contribution is -2.32. The van der Waals surface area contributed by atoms with Gasteiger partial charge >= 0.3 is 10.8 Å². The van der Waals surface area contributed by atoms with E-state index in [2.05, 4.69) is 10.3 Å². The number of thiazole rings is 1. The fraction of sp³-hybridized carbons (Fsp3) is 0.194. The second-order valence-electron chi connectivity index (χ2n) is 9.80. The van der Waals surface area contributed by atoms with Crippen molar-refractivity contribution in [3.63, 3.8) is 0 Å². The standard InChI is InChI=1S/C31H25N3O7S2/c1-2-40-30(38)17-11-13-19(14-12-17)32-22(35)16-41-21-10-6-7-18(15-21)23-24-26(42-27-25(23)43-31(39)33-27)29(37)34(28(24)36)20-8-4-3-5-9-20/h3-15,23-24,26H,2,16H2,1H3,(H,32,35)(H,33,39)/t23-,24?,26?/m1/s1. The maximum Gasteiger partial charge on any atom is 0.338 e. The second kappa shape index (κ2) is 11.9. The van der Waals surface area contributed by atoms with E-state index in [-0.39, 0.29) is 29.9 Å². The molecule has 3 heterocycles. The van der Waals surface area contributed by atoms with Crippen molar-refractivity contribution in [1.29, 1.82) is 0 Å². The Morgan fingerprint density at radius 3 is 2.47 bits per heavy atom. The Bertz CT molecular complexity index is 1770. The summed E-state index contributed by atoms with van der Waals surface area (Å²) in [5.74, 6) is -2.41. The van der Waals surface area contributed by atoms with E-state index in [1.807, 2.05) is 12.1 Å². The highest BCUT2D eigenvalue weighted by Gasteiger charge is 2.56. The predicted molar refractivity (Wildman–Crippen MR) is 162 cm³/mol. The summed E-state index contributed by atoms with van der Waals surface area (Å²) in [6, 6.07) is 22.1. The lowest BCUT2D eigenvalue weighted by atomic mass is 9.83. The predicted octanol–water partition coefficient (Wildman–Crippen LogP) is 4.43. The van der Waals surface area contributed by atoms with Gasteiger partial charge in [-0.15, -0.1) is 0 Å². The molecule has 12 heteroatoms. The van der Waals surface area contributed by atoms with Crippen molar-refractivity contribution < 1.29 is 28.7 Å². The molecular formula is C31H25N3O7S2. The SMILES string of the molecule is CCOC(=O)c1ccc(NC(=O)COc2cccc([C@H]3c4sc(=O)[nH]c4SC4C(=O)N(c5ccccc5)C(=O)C43)c2)cc1. The Morgan fingerprint density at radius 1 is 0.953 bits per heavy atom. The monoisotopic (exact) mass is 615 g/mol. The number of anilines is 2. The number of esters is 1. The van der Waals surface area contributed by atoms with Gasteiger partial charge in [-0.25, -0.2) is 9.69 Å². The quantitative estimate of drug-likeness (QED) is 0.220. The van der Waals surface area contributed by atoms with Gasteiger partial charge in [-0.3, -0.25) is 19.2 Å². The number of rotatable bonds is 8. The van der Waals surface area contributed by atoms with Gasteiger partial charge in [0.25, 0.3) is 5.91 Å². The molecule has 218 valence electrons. The average Bonchev–Trinajstić information content (AvgIpc) is 3.51. The first-order valence-corrected chi connectivity index (χ1v) is 15.2. The molecule has 0 saturated carbocycles.